The topological polar surface area (TPSA) is 96.9 Å². The maximum Gasteiger partial charge on any atom is 0.256 e. The molecule has 2 amide bonds. The maximum atomic E-state index is 13.3. The van der Waals surface area contributed by atoms with E-state index in [1.165, 1.54) is 11.8 Å². The number of thioether (sulfide) groups is 1. The molecule has 2 aliphatic heterocycles. The van der Waals surface area contributed by atoms with Gasteiger partial charge in [-0.1, -0.05) is 11.8 Å². The Hall–Kier alpha value is -3.31. The minimum Gasteiger partial charge on any atom is -0.454 e. The molecule has 0 aliphatic carbocycles. The summed E-state index contributed by atoms with van der Waals surface area (Å²) in [4.78, 5) is 38.7. The zero-order valence-corrected chi connectivity index (χ0v) is 19.9. The maximum absolute atomic E-state index is 13.3. The van der Waals surface area contributed by atoms with Crippen molar-refractivity contribution in [2.45, 2.75) is 11.4 Å². The number of nitrogens with one attached hydrogen (secondary N) is 1. The summed E-state index contributed by atoms with van der Waals surface area (Å²) in [5, 5.41) is 6.35. The van der Waals surface area contributed by atoms with Crippen LogP contribution in [0.1, 0.15) is 16.8 Å². The first-order valence-corrected chi connectivity index (χ1v) is 12.7. The van der Waals surface area contributed by atoms with E-state index >= 15 is 0 Å². The van der Waals surface area contributed by atoms with Crippen LogP contribution in [0.25, 0.3) is 0 Å². The number of hydrogen-bond donors (Lipinski definition) is 1. The van der Waals surface area contributed by atoms with Gasteiger partial charge in [0, 0.05) is 55.7 Å². The molecule has 0 unspecified atom stereocenters. The first-order valence-electron chi connectivity index (χ1n) is 10.9. The fourth-order valence-electron chi connectivity index (χ4n) is 3.83. The van der Waals surface area contributed by atoms with Gasteiger partial charge < -0.3 is 24.6 Å². The highest BCUT2D eigenvalue weighted by atomic mass is 32.2. The highest BCUT2D eigenvalue weighted by Gasteiger charge is 2.24. The molecule has 0 spiro atoms. The van der Waals surface area contributed by atoms with Gasteiger partial charge in [-0.2, -0.15) is 0 Å². The van der Waals surface area contributed by atoms with Crippen LogP contribution in [0.4, 0.5) is 10.8 Å². The average molecular weight is 498 g/mol. The Balaban J connectivity index is 1.20. The number of anilines is 2. The van der Waals surface area contributed by atoms with Crippen LogP contribution in [0.5, 0.6) is 11.5 Å². The summed E-state index contributed by atoms with van der Waals surface area (Å²) in [5.41, 5.74) is 1.15. The number of aromatic nitrogens is 2. The predicted octanol–water partition coefficient (Wildman–Crippen LogP) is 3.35. The van der Waals surface area contributed by atoms with Crippen LogP contribution < -0.4 is 19.7 Å². The average Bonchev–Trinajstić information content (AvgIpc) is 3.50. The van der Waals surface area contributed by atoms with Gasteiger partial charge in [-0.25, -0.2) is 9.97 Å². The van der Waals surface area contributed by atoms with Crippen molar-refractivity contribution in [3.05, 3.63) is 53.7 Å². The van der Waals surface area contributed by atoms with Crippen LogP contribution in [0.2, 0.25) is 0 Å². The lowest BCUT2D eigenvalue weighted by molar-refractivity contribution is -0.113. The second kappa shape index (κ2) is 10.3. The lowest BCUT2D eigenvalue weighted by Crippen LogP contribution is -2.35. The van der Waals surface area contributed by atoms with Crippen molar-refractivity contribution in [2.24, 2.45) is 0 Å². The van der Waals surface area contributed by atoms with Crippen LogP contribution in [0.3, 0.4) is 0 Å². The number of hydrogen-bond acceptors (Lipinski definition) is 9. The molecule has 2 aliphatic rings. The largest absolute Gasteiger partial charge is 0.454 e. The van der Waals surface area contributed by atoms with E-state index in [4.69, 9.17) is 9.47 Å². The Labute approximate surface area is 205 Å². The summed E-state index contributed by atoms with van der Waals surface area (Å²) in [6, 6.07) is 8.78. The van der Waals surface area contributed by atoms with Crippen molar-refractivity contribution in [2.75, 3.05) is 48.9 Å². The zero-order chi connectivity index (χ0) is 23.3. The van der Waals surface area contributed by atoms with Crippen molar-refractivity contribution >= 4 is 45.7 Å². The van der Waals surface area contributed by atoms with E-state index in [-0.39, 0.29) is 24.4 Å². The number of pyridine rings is 1. The Morgan fingerprint density at radius 1 is 1.06 bits per heavy atom. The molecule has 3 aromatic rings. The second-order valence-electron chi connectivity index (χ2n) is 7.71. The summed E-state index contributed by atoms with van der Waals surface area (Å²) < 4.78 is 10.6. The Morgan fingerprint density at radius 3 is 2.85 bits per heavy atom. The Morgan fingerprint density at radius 2 is 1.97 bits per heavy atom. The molecule has 1 aromatic carbocycles. The van der Waals surface area contributed by atoms with E-state index in [9.17, 15) is 9.59 Å². The number of amides is 2. The summed E-state index contributed by atoms with van der Waals surface area (Å²) in [6.45, 7) is 3.07. The van der Waals surface area contributed by atoms with Crippen molar-refractivity contribution in [3.63, 3.8) is 0 Å². The van der Waals surface area contributed by atoms with E-state index in [2.05, 4.69) is 20.2 Å². The van der Waals surface area contributed by atoms with Crippen molar-refractivity contribution in [1.29, 1.82) is 0 Å². The van der Waals surface area contributed by atoms with Gasteiger partial charge in [-0.05, 0) is 30.7 Å². The van der Waals surface area contributed by atoms with E-state index in [0.29, 0.717) is 40.9 Å². The standard InChI is InChI=1S/C23H23N5O4S2/c29-20(26-16-4-5-18-19(13-16)32-15-31-18)14-34-21-17(3-1-6-24-21)22(30)27-8-2-9-28(11-10-27)23-25-7-12-33-23/h1,3-7,12-13H,2,8-11,14-15H2,(H,26,29). The first-order chi connectivity index (χ1) is 16.7. The molecule has 11 heteroatoms. The number of carbonyl (C=O) groups is 2. The molecule has 2 aromatic heterocycles. The van der Waals surface area contributed by atoms with E-state index in [0.717, 1.165) is 24.6 Å². The third-order valence-corrected chi connectivity index (χ3v) is 7.31. The van der Waals surface area contributed by atoms with E-state index in [1.807, 2.05) is 10.3 Å². The van der Waals surface area contributed by atoms with E-state index in [1.54, 1.807) is 54.1 Å². The van der Waals surface area contributed by atoms with Gasteiger partial charge in [0.25, 0.3) is 5.91 Å². The van der Waals surface area contributed by atoms with Gasteiger partial charge in [0.15, 0.2) is 16.6 Å². The lowest BCUT2D eigenvalue weighted by atomic mass is 10.2. The molecule has 34 heavy (non-hydrogen) atoms. The van der Waals surface area contributed by atoms with Crippen molar-refractivity contribution in [3.8, 4) is 11.5 Å². The van der Waals surface area contributed by atoms with Crippen LogP contribution in [-0.4, -0.2) is 65.4 Å². The molecule has 5 rings (SSSR count). The molecular weight excluding hydrogens is 474 g/mol. The van der Waals surface area contributed by atoms with Crippen LogP contribution in [-0.2, 0) is 4.79 Å². The monoisotopic (exact) mass is 497 g/mol. The second-order valence-corrected chi connectivity index (χ2v) is 9.55. The molecule has 9 nitrogen and oxygen atoms in total. The smallest absolute Gasteiger partial charge is 0.256 e. The molecule has 1 saturated heterocycles. The predicted molar refractivity (Wildman–Crippen MR) is 131 cm³/mol. The number of nitrogens with zero attached hydrogens (tertiary/aromatic N) is 4. The molecular formula is C23H23N5O4S2. The van der Waals surface area contributed by atoms with Gasteiger partial charge in [0.1, 0.15) is 5.03 Å². The van der Waals surface area contributed by atoms with E-state index < -0.39 is 0 Å². The van der Waals surface area contributed by atoms with Gasteiger partial charge >= 0.3 is 0 Å². The molecule has 4 heterocycles. The number of rotatable bonds is 6. The van der Waals surface area contributed by atoms with Crippen LogP contribution >= 0.6 is 23.1 Å². The highest BCUT2D eigenvalue weighted by molar-refractivity contribution is 8.00. The highest BCUT2D eigenvalue weighted by Crippen LogP contribution is 2.34. The number of thiazole rings is 1. The minimum atomic E-state index is -0.193. The molecule has 0 radical (unpaired) electrons. The Bertz CT molecular complexity index is 1170. The summed E-state index contributed by atoms with van der Waals surface area (Å²) in [6.07, 6.45) is 4.31. The van der Waals surface area contributed by atoms with Gasteiger partial charge in [-0.15, -0.1) is 11.3 Å². The third kappa shape index (κ3) is 5.10. The van der Waals surface area contributed by atoms with Crippen molar-refractivity contribution in [1.82, 2.24) is 14.9 Å². The normalized spacial score (nSPS) is 15.2. The number of benzene rings is 1. The fraction of sp³-hybridized carbons (Fsp3) is 0.304. The molecule has 0 saturated carbocycles. The lowest BCUT2D eigenvalue weighted by Gasteiger charge is -2.22. The molecule has 176 valence electrons. The van der Waals surface area contributed by atoms with Crippen LogP contribution in [0.15, 0.2) is 53.1 Å². The molecule has 0 bridgehead atoms. The van der Waals surface area contributed by atoms with Gasteiger partial charge in [-0.3, -0.25) is 9.59 Å². The summed E-state index contributed by atoms with van der Waals surface area (Å²) in [7, 11) is 0. The van der Waals surface area contributed by atoms with Gasteiger partial charge in [0.2, 0.25) is 12.7 Å². The number of fused-ring (bicyclic) bond motifs is 1. The number of carbonyl (C=O) groups excluding carboxylic acids is 2. The zero-order valence-electron chi connectivity index (χ0n) is 18.3. The summed E-state index contributed by atoms with van der Waals surface area (Å²) >= 11 is 2.86. The number of ether oxygens (including phenoxy) is 2. The van der Waals surface area contributed by atoms with Gasteiger partial charge in [0.05, 0.1) is 11.3 Å². The SMILES string of the molecule is O=C(CSc1ncccc1C(=O)N1CCCN(c2nccs2)CC1)Nc1ccc2c(c1)OCO2. The Kier molecular flexibility index (Phi) is 6.82. The fourth-order valence-corrected chi connectivity index (χ4v) is 5.31. The minimum absolute atomic E-state index is 0.0623. The quantitative estimate of drug-likeness (QED) is 0.518. The molecule has 1 N–H and O–H groups in total. The summed E-state index contributed by atoms with van der Waals surface area (Å²) in [5.74, 6) is 1.14. The van der Waals surface area contributed by atoms with Crippen LogP contribution in [0, 0.1) is 0 Å². The first kappa shape index (κ1) is 22.5. The third-order valence-electron chi connectivity index (χ3n) is 5.47. The molecule has 1 fully saturated rings. The molecule has 0 atom stereocenters. The van der Waals surface area contributed by atoms with Crippen molar-refractivity contribution < 1.29 is 19.1 Å².